The summed E-state index contributed by atoms with van der Waals surface area (Å²) in [6.45, 7) is 1.11. The number of oxime groups is 1. The van der Waals surface area contributed by atoms with Crippen LogP contribution in [0.15, 0.2) is 29.4 Å². The van der Waals surface area contributed by atoms with E-state index in [0.29, 0.717) is 0 Å². The second-order valence-electron chi connectivity index (χ2n) is 5.06. The monoisotopic (exact) mass is 247 g/mol. The highest BCUT2D eigenvalue weighted by Crippen LogP contribution is 2.26. The fourth-order valence-electron chi connectivity index (χ4n) is 2.63. The average Bonchev–Trinajstić information content (AvgIpc) is 2.91. The number of hydrogen-bond donors (Lipinski definition) is 2. The Morgan fingerprint density at radius 2 is 1.94 bits per heavy atom. The number of amidine groups is 1. The number of anilines is 1. The van der Waals surface area contributed by atoms with Crippen LogP contribution in [0.3, 0.4) is 0 Å². The normalized spacial score (nSPS) is 17.1. The van der Waals surface area contributed by atoms with E-state index in [1.54, 1.807) is 0 Å². The number of benzene rings is 1. The Bertz CT molecular complexity index is 408. The lowest BCUT2D eigenvalue weighted by Gasteiger charge is -2.23. The maximum Gasteiger partial charge on any atom is 0.170 e. The zero-order valence-corrected chi connectivity index (χ0v) is 10.8. The predicted octanol–water partition coefficient (Wildman–Crippen LogP) is 2.41. The van der Waals surface area contributed by atoms with E-state index in [2.05, 4.69) is 17.1 Å². The van der Waals surface area contributed by atoms with E-state index in [4.69, 9.17) is 10.9 Å². The van der Waals surface area contributed by atoms with E-state index in [1.165, 1.54) is 31.4 Å². The minimum Gasteiger partial charge on any atom is -0.409 e. The number of nitrogens with two attached hydrogens (primary N) is 1. The van der Waals surface area contributed by atoms with Crippen LogP contribution in [0.5, 0.6) is 0 Å². The smallest absolute Gasteiger partial charge is 0.170 e. The van der Waals surface area contributed by atoms with Gasteiger partial charge in [-0.2, -0.15) is 0 Å². The van der Waals surface area contributed by atoms with Gasteiger partial charge in [0.15, 0.2) is 5.84 Å². The minimum absolute atomic E-state index is 0.153. The molecule has 1 aliphatic rings. The summed E-state index contributed by atoms with van der Waals surface area (Å²) in [5.74, 6) is 0.985. The van der Waals surface area contributed by atoms with Gasteiger partial charge in [0.2, 0.25) is 0 Å². The third kappa shape index (κ3) is 2.94. The van der Waals surface area contributed by atoms with Gasteiger partial charge in [-0.05, 0) is 43.0 Å². The highest BCUT2D eigenvalue weighted by Gasteiger charge is 2.16. The molecule has 0 saturated heterocycles. The van der Waals surface area contributed by atoms with E-state index >= 15 is 0 Å². The molecule has 0 spiro atoms. The minimum atomic E-state index is 0.153. The van der Waals surface area contributed by atoms with Gasteiger partial charge in [-0.25, -0.2) is 0 Å². The van der Waals surface area contributed by atoms with Gasteiger partial charge in [0.25, 0.3) is 0 Å². The largest absolute Gasteiger partial charge is 0.409 e. The first kappa shape index (κ1) is 12.7. The van der Waals surface area contributed by atoms with Crippen LogP contribution in [-0.2, 0) is 0 Å². The molecule has 4 heteroatoms. The van der Waals surface area contributed by atoms with Crippen molar-refractivity contribution < 1.29 is 5.21 Å². The van der Waals surface area contributed by atoms with Crippen LogP contribution in [0.25, 0.3) is 0 Å². The first-order chi connectivity index (χ1) is 8.70. The average molecular weight is 247 g/mol. The second-order valence-corrected chi connectivity index (χ2v) is 5.06. The summed E-state index contributed by atoms with van der Waals surface area (Å²) < 4.78 is 0. The van der Waals surface area contributed by atoms with Crippen molar-refractivity contribution in [3.63, 3.8) is 0 Å². The van der Waals surface area contributed by atoms with Crippen molar-refractivity contribution in [3.8, 4) is 0 Å². The van der Waals surface area contributed by atoms with Crippen molar-refractivity contribution in [2.24, 2.45) is 16.8 Å². The maximum absolute atomic E-state index is 8.61. The van der Waals surface area contributed by atoms with Crippen LogP contribution in [-0.4, -0.2) is 24.6 Å². The Balaban J connectivity index is 1.99. The van der Waals surface area contributed by atoms with Crippen molar-refractivity contribution in [2.45, 2.75) is 25.7 Å². The number of hydrogen-bond acceptors (Lipinski definition) is 3. The van der Waals surface area contributed by atoms with Crippen LogP contribution in [0.2, 0.25) is 0 Å². The first-order valence-corrected chi connectivity index (χ1v) is 6.50. The van der Waals surface area contributed by atoms with E-state index in [-0.39, 0.29) is 5.84 Å². The van der Waals surface area contributed by atoms with Gasteiger partial charge in [-0.1, -0.05) is 18.0 Å². The lowest BCUT2D eigenvalue weighted by molar-refractivity contribution is 0.318. The molecule has 0 aliphatic heterocycles. The molecule has 18 heavy (non-hydrogen) atoms. The van der Waals surface area contributed by atoms with E-state index in [0.717, 1.165) is 18.0 Å². The molecule has 1 fully saturated rings. The summed E-state index contributed by atoms with van der Waals surface area (Å²) in [6.07, 6.45) is 5.46. The highest BCUT2D eigenvalue weighted by molar-refractivity contribution is 5.97. The Morgan fingerprint density at radius 1 is 1.33 bits per heavy atom. The Labute approximate surface area is 108 Å². The molecule has 0 heterocycles. The van der Waals surface area contributed by atoms with Gasteiger partial charge in [-0.15, -0.1) is 0 Å². The van der Waals surface area contributed by atoms with Crippen LogP contribution in [0.4, 0.5) is 5.69 Å². The van der Waals surface area contributed by atoms with Crippen molar-refractivity contribution in [3.05, 3.63) is 29.8 Å². The summed E-state index contributed by atoms with van der Waals surface area (Å²) in [5, 5.41) is 11.6. The molecule has 1 saturated carbocycles. The zero-order chi connectivity index (χ0) is 13.0. The Morgan fingerprint density at radius 3 is 2.50 bits per heavy atom. The molecule has 0 bridgehead atoms. The maximum atomic E-state index is 8.61. The molecule has 0 amide bonds. The van der Waals surface area contributed by atoms with Gasteiger partial charge in [0, 0.05) is 24.8 Å². The number of nitrogens with zero attached hydrogens (tertiary/aromatic N) is 2. The summed E-state index contributed by atoms with van der Waals surface area (Å²) in [6, 6.07) is 7.80. The highest BCUT2D eigenvalue weighted by atomic mass is 16.4. The lowest BCUT2D eigenvalue weighted by Crippen LogP contribution is -2.24. The summed E-state index contributed by atoms with van der Waals surface area (Å²) in [5.41, 5.74) is 7.46. The molecule has 98 valence electrons. The predicted molar refractivity (Wildman–Crippen MR) is 74.2 cm³/mol. The van der Waals surface area contributed by atoms with E-state index in [9.17, 15) is 0 Å². The molecular weight excluding hydrogens is 226 g/mol. The molecule has 0 radical (unpaired) electrons. The van der Waals surface area contributed by atoms with Crippen LogP contribution < -0.4 is 10.6 Å². The molecule has 2 rings (SSSR count). The van der Waals surface area contributed by atoms with Gasteiger partial charge in [-0.3, -0.25) is 0 Å². The van der Waals surface area contributed by atoms with Crippen molar-refractivity contribution >= 4 is 11.5 Å². The first-order valence-electron chi connectivity index (χ1n) is 6.50. The molecule has 0 aromatic heterocycles. The molecule has 0 atom stereocenters. The fourth-order valence-corrected chi connectivity index (χ4v) is 2.63. The Hall–Kier alpha value is -1.71. The molecule has 3 N–H and O–H groups in total. The molecule has 1 aromatic rings. The van der Waals surface area contributed by atoms with Gasteiger partial charge < -0.3 is 15.8 Å². The fraction of sp³-hybridized carbons (Fsp3) is 0.500. The van der Waals surface area contributed by atoms with E-state index < -0.39 is 0 Å². The third-order valence-electron chi connectivity index (χ3n) is 3.72. The zero-order valence-electron chi connectivity index (χ0n) is 10.8. The van der Waals surface area contributed by atoms with Crippen molar-refractivity contribution in [1.82, 2.24) is 0 Å². The van der Waals surface area contributed by atoms with Gasteiger partial charge >= 0.3 is 0 Å². The SMILES string of the molecule is CN(CC1CCCC1)c1ccc(/C(N)=N/O)cc1. The molecular formula is C14H21N3O. The van der Waals surface area contributed by atoms with Crippen molar-refractivity contribution in [2.75, 3.05) is 18.5 Å². The quantitative estimate of drug-likeness (QED) is 0.372. The summed E-state index contributed by atoms with van der Waals surface area (Å²) >= 11 is 0. The standard InChI is InChI=1S/C14H21N3O/c1-17(10-11-4-2-3-5-11)13-8-6-12(7-9-13)14(15)16-18/h6-9,11,18H,2-5,10H2,1H3,(H2,15,16). The molecule has 1 aliphatic carbocycles. The molecule has 1 aromatic carbocycles. The lowest BCUT2D eigenvalue weighted by atomic mass is 10.1. The summed E-state index contributed by atoms with van der Waals surface area (Å²) in [7, 11) is 2.12. The second kappa shape index (κ2) is 5.76. The van der Waals surface area contributed by atoms with Crippen LogP contribution in [0, 0.1) is 5.92 Å². The van der Waals surface area contributed by atoms with Gasteiger partial charge in [0.1, 0.15) is 0 Å². The van der Waals surface area contributed by atoms with E-state index in [1.807, 2.05) is 24.3 Å². The topological polar surface area (TPSA) is 61.8 Å². The van der Waals surface area contributed by atoms with Gasteiger partial charge in [0.05, 0.1) is 0 Å². The van der Waals surface area contributed by atoms with Crippen LogP contribution >= 0.6 is 0 Å². The van der Waals surface area contributed by atoms with Crippen molar-refractivity contribution in [1.29, 1.82) is 0 Å². The number of rotatable bonds is 4. The Kier molecular flexibility index (Phi) is 4.07. The molecule has 4 nitrogen and oxygen atoms in total. The molecule has 0 unspecified atom stereocenters. The third-order valence-corrected chi connectivity index (χ3v) is 3.72. The summed E-state index contributed by atoms with van der Waals surface area (Å²) in [4.78, 5) is 2.28. The van der Waals surface area contributed by atoms with Crippen LogP contribution in [0.1, 0.15) is 31.2 Å².